The third-order valence-corrected chi connectivity index (χ3v) is 5.59. The molecule has 0 amide bonds. The van der Waals surface area contributed by atoms with E-state index in [9.17, 15) is 0 Å². The smallest absolute Gasteiger partial charge is 0.139 e. The summed E-state index contributed by atoms with van der Waals surface area (Å²) in [6.07, 6.45) is 1.68. The second-order valence-corrected chi connectivity index (χ2v) is 6.70. The highest BCUT2D eigenvalue weighted by atomic mass is 35.5. The third-order valence-electron chi connectivity index (χ3n) is 3.90. The van der Waals surface area contributed by atoms with Gasteiger partial charge in [0, 0.05) is 10.9 Å². The van der Waals surface area contributed by atoms with E-state index in [4.69, 9.17) is 16.0 Å². The van der Waals surface area contributed by atoms with Crippen molar-refractivity contribution in [2.45, 2.75) is 26.9 Å². The molecule has 4 nitrogen and oxygen atoms in total. The van der Waals surface area contributed by atoms with Gasteiger partial charge in [-0.05, 0) is 31.5 Å². The first-order valence-corrected chi connectivity index (χ1v) is 8.23. The number of thiophene rings is 1. The molecule has 0 saturated heterocycles. The number of fused-ring (bicyclic) bond motifs is 3. The Hall–Kier alpha value is -1.85. The largest absolute Gasteiger partial charge is 0.467 e. The molecule has 4 rings (SSSR count). The fourth-order valence-electron chi connectivity index (χ4n) is 2.79. The van der Waals surface area contributed by atoms with Crippen LogP contribution in [0.3, 0.4) is 0 Å². The molecule has 0 aliphatic carbocycles. The number of rotatable bonds is 2. The fourth-order valence-corrected chi connectivity index (χ4v) is 4.21. The molecule has 0 atom stereocenters. The number of halogens is 1. The van der Waals surface area contributed by atoms with Crippen LogP contribution in [-0.2, 0) is 13.1 Å². The van der Waals surface area contributed by atoms with Crippen LogP contribution in [0.5, 0.6) is 0 Å². The molecule has 6 heteroatoms. The van der Waals surface area contributed by atoms with E-state index in [0.29, 0.717) is 13.1 Å². The molecule has 1 aliphatic heterocycles. The van der Waals surface area contributed by atoms with Crippen LogP contribution in [-0.4, -0.2) is 10.8 Å². The maximum Gasteiger partial charge on any atom is 0.139 e. The van der Waals surface area contributed by atoms with Crippen molar-refractivity contribution in [2.24, 2.45) is 4.99 Å². The minimum atomic E-state index is 0.631. The first-order valence-electron chi connectivity index (χ1n) is 7.04. The Bertz CT molecular complexity index is 896. The van der Waals surface area contributed by atoms with Gasteiger partial charge in [0.15, 0.2) is 0 Å². The number of hydrogen-bond donors (Lipinski definition) is 1. The number of aromatic nitrogens is 1. The van der Waals surface area contributed by atoms with Gasteiger partial charge in [0.05, 0.1) is 34.9 Å². The van der Waals surface area contributed by atoms with Crippen molar-refractivity contribution in [3.05, 3.63) is 50.9 Å². The van der Waals surface area contributed by atoms with Crippen LogP contribution in [0.1, 0.15) is 27.5 Å². The lowest BCUT2D eigenvalue weighted by atomic mass is 10.1. The van der Waals surface area contributed by atoms with Crippen molar-refractivity contribution in [1.29, 1.82) is 0 Å². The molecule has 1 aliphatic rings. The standard InChI is InChI=1S/C16H14ClN3OS/c1-8-12-11-7-19-15(18-6-10-4-3-5-21-10)14(11)22-16(12)20-9(2)13(8)17/h3-5H,6-7H2,1-2H3,(H,18,19). The lowest BCUT2D eigenvalue weighted by molar-refractivity contribution is 0.503. The number of nitrogens with one attached hydrogen (secondary N) is 1. The van der Waals surface area contributed by atoms with E-state index in [1.807, 2.05) is 19.1 Å². The molecular weight excluding hydrogens is 318 g/mol. The van der Waals surface area contributed by atoms with E-state index in [2.05, 4.69) is 22.2 Å². The molecule has 3 aromatic rings. The van der Waals surface area contributed by atoms with Crippen LogP contribution in [0.4, 0.5) is 0 Å². The summed E-state index contributed by atoms with van der Waals surface area (Å²) in [7, 11) is 0. The first-order chi connectivity index (χ1) is 10.6. The van der Waals surface area contributed by atoms with E-state index in [1.165, 1.54) is 10.4 Å². The van der Waals surface area contributed by atoms with Gasteiger partial charge >= 0.3 is 0 Å². The van der Waals surface area contributed by atoms with Crippen LogP contribution in [0, 0.1) is 13.8 Å². The molecule has 0 fully saturated rings. The first kappa shape index (κ1) is 13.8. The topological polar surface area (TPSA) is 50.4 Å². The van der Waals surface area contributed by atoms with E-state index >= 15 is 0 Å². The second kappa shape index (κ2) is 5.11. The molecule has 0 saturated carbocycles. The zero-order valence-corrected chi connectivity index (χ0v) is 13.8. The Kier molecular flexibility index (Phi) is 3.20. The van der Waals surface area contributed by atoms with Gasteiger partial charge in [0.25, 0.3) is 0 Å². The van der Waals surface area contributed by atoms with Crippen LogP contribution < -0.4 is 5.32 Å². The number of aliphatic imine (C=N–C) groups is 1. The summed E-state index contributed by atoms with van der Waals surface area (Å²) in [6.45, 7) is 5.31. The maximum absolute atomic E-state index is 6.36. The Balaban J connectivity index is 1.72. The van der Waals surface area contributed by atoms with Gasteiger partial charge in [-0.25, -0.2) is 4.98 Å². The van der Waals surface area contributed by atoms with Crippen LogP contribution >= 0.6 is 22.9 Å². The van der Waals surface area contributed by atoms with Crippen LogP contribution in [0.25, 0.3) is 10.2 Å². The normalized spacial score (nSPS) is 13.5. The van der Waals surface area contributed by atoms with Gasteiger partial charge in [-0.1, -0.05) is 11.6 Å². The van der Waals surface area contributed by atoms with Crippen molar-refractivity contribution in [1.82, 2.24) is 10.3 Å². The number of aryl methyl sites for hydroxylation is 2. The van der Waals surface area contributed by atoms with Crippen molar-refractivity contribution in [3.8, 4) is 0 Å². The highest BCUT2D eigenvalue weighted by Gasteiger charge is 2.24. The Morgan fingerprint density at radius 2 is 2.27 bits per heavy atom. The van der Waals surface area contributed by atoms with Gasteiger partial charge in [0.2, 0.25) is 0 Å². The second-order valence-electron chi connectivity index (χ2n) is 5.32. The molecule has 0 spiro atoms. The quantitative estimate of drug-likeness (QED) is 0.765. The molecule has 0 bridgehead atoms. The average molecular weight is 332 g/mol. The Morgan fingerprint density at radius 3 is 3.05 bits per heavy atom. The van der Waals surface area contributed by atoms with E-state index < -0.39 is 0 Å². The summed E-state index contributed by atoms with van der Waals surface area (Å²) in [5.41, 5.74) is 3.21. The Labute approximate surface area is 136 Å². The molecule has 4 heterocycles. The van der Waals surface area contributed by atoms with Gasteiger partial charge in [-0.15, -0.1) is 11.3 Å². The summed E-state index contributed by atoms with van der Waals surface area (Å²) in [4.78, 5) is 11.4. The van der Waals surface area contributed by atoms with Crippen molar-refractivity contribution >= 4 is 39.0 Å². The SMILES string of the molecule is Cc1nc2sc3c(c2c(C)c1Cl)CN=C3NCc1ccco1. The maximum atomic E-state index is 6.36. The van der Waals surface area contributed by atoms with E-state index in [-0.39, 0.29) is 0 Å². The van der Waals surface area contributed by atoms with E-state index in [0.717, 1.165) is 38.1 Å². The molecule has 1 N–H and O–H groups in total. The monoisotopic (exact) mass is 331 g/mol. The number of pyridine rings is 1. The van der Waals surface area contributed by atoms with Crippen LogP contribution in [0.15, 0.2) is 27.8 Å². The highest BCUT2D eigenvalue weighted by molar-refractivity contribution is 7.20. The zero-order valence-electron chi connectivity index (χ0n) is 12.2. The number of hydrogen-bond acceptors (Lipinski definition) is 5. The van der Waals surface area contributed by atoms with Gasteiger partial charge < -0.3 is 9.73 Å². The summed E-state index contributed by atoms with van der Waals surface area (Å²) in [5, 5.41) is 5.27. The predicted molar refractivity (Wildman–Crippen MR) is 89.9 cm³/mol. The summed E-state index contributed by atoms with van der Waals surface area (Å²) in [6, 6.07) is 3.83. The molecule has 22 heavy (non-hydrogen) atoms. The van der Waals surface area contributed by atoms with Gasteiger partial charge in [-0.2, -0.15) is 0 Å². The zero-order chi connectivity index (χ0) is 15.3. The van der Waals surface area contributed by atoms with Crippen LogP contribution in [0.2, 0.25) is 5.02 Å². The summed E-state index contributed by atoms with van der Waals surface area (Å²) < 4.78 is 5.35. The Morgan fingerprint density at radius 1 is 1.41 bits per heavy atom. The number of furan rings is 1. The molecular formula is C16H14ClN3OS. The minimum absolute atomic E-state index is 0.631. The minimum Gasteiger partial charge on any atom is -0.467 e. The van der Waals surface area contributed by atoms with E-state index in [1.54, 1.807) is 17.6 Å². The van der Waals surface area contributed by atoms with Crippen molar-refractivity contribution < 1.29 is 4.42 Å². The van der Waals surface area contributed by atoms with Crippen molar-refractivity contribution in [2.75, 3.05) is 0 Å². The summed E-state index contributed by atoms with van der Waals surface area (Å²) >= 11 is 8.03. The van der Waals surface area contributed by atoms with Gasteiger partial charge in [0.1, 0.15) is 16.4 Å². The lowest BCUT2D eigenvalue weighted by Crippen LogP contribution is -2.21. The van der Waals surface area contributed by atoms with Crippen molar-refractivity contribution in [3.63, 3.8) is 0 Å². The molecule has 0 aromatic carbocycles. The predicted octanol–water partition coefficient (Wildman–Crippen LogP) is 4.21. The average Bonchev–Trinajstić information content (AvgIpc) is 3.19. The molecule has 0 radical (unpaired) electrons. The molecule has 0 unspecified atom stereocenters. The van der Waals surface area contributed by atoms with Gasteiger partial charge in [-0.3, -0.25) is 4.99 Å². The molecule has 112 valence electrons. The highest BCUT2D eigenvalue weighted by Crippen LogP contribution is 2.39. The summed E-state index contributed by atoms with van der Waals surface area (Å²) in [5.74, 6) is 1.81. The fraction of sp³-hybridized carbons (Fsp3) is 0.250. The number of nitrogens with zero attached hydrogens (tertiary/aromatic N) is 2. The lowest BCUT2D eigenvalue weighted by Gasteiger charge is -2.04. The third kappa shape index (κ3) is 2.04. The molecule has 3 aromatic heterocycles. The number of amidine groups is 1.